The summed E-state index contributed by atoms with van der Waals surface area (Å²) in [5.74, 6) is -1.11. The number of aromatic nitrogens is 1. The van der Waals surface area contributed by atoms with E-state index in [0.29, 0.717) is 12.1 Å². The molecule has 0 radical (unpaired) electrons. The van der Waals surface area contributed by atoms with Gasteiger partial charge < -0.3 is 19.7 Å². The van der Waals surface area contributed by atoms with E-state index in [9.17, 15) is 14.0 Å². The van der Waals surface area contributed by atoms with Gasteiger partial charge in [-0.2, -0.15) is 0 Å². The number of ether oxygens (including phenoxy) is 2. The zero-order valence-electron chi connectivity index (χ0n) is 24.3. The van der Waals surface area contributed by atoms with Crippen LogP contribution in [0.25, 0.3) is 0 Å². The molecule has 0 saturated heterocycles. The maximum Gasteiger partial charge on any atom is 0.272 e. The first-order valence-electron chi connectivity index (χ1n) is 14.2. The molecule has 7 nitrogen and oxygen atoms in total. The highest BCUT2D eigenvalue weighted by Crippen LogP contribution is 2.33. The SMILES string of the molecule is CN(Cc1ccccc1)C(=O)c1cc(C(=O)NCc2ccc(F)cc2)c(OCc2ccccc2)c(OCc2ccccc2)n1. The van der Waals surface area contributed by atoms with Crippen molar-refractivity contribution in [2.45, 2.75) is 26.3 Å². The zero-order valence-corrected chi connectivity index (χ0v) is 24.3. The molecule has 1 aromatic heterocycles. The fourth-order valence-electron chi connectivity index (χ4n) is 4.49. The van der Waals surface area contributed by atoms with Gasteiger partial charge in [-0.25, -0.2) is 9.37 Å². The van der Waals surface area contributed by atoms with Gasteiger partial charge in [0.15, 0.2) is 5.75 Å². The second kappa shape index (κ2) is 14.6. The monoisotopic (exact) mass is 589 g/mol. The maximum absolute atomic E-state index is 13.7. The molecule has 0 spiro atoms. The van der Waals surface area contributed by atoms with Gasteiger partial charge in [0.05, 0.1) is 5.56 Å². The van der Waals surface area contributed by atoms with Crippen LogP contribution in [0.4, 0.5) is 4.39 Å². The highest BCUT2D eigenvalue weighted by molar-refractivity contribution is 6.01. The van der Waals surface area contributed by atoms with E-state index in [2.05, 4.69) is 10.3 Å². The summed E-state index contributed by atoms with van der Waals surface area (Å²) in [6.45, 7) is 0.768. The van der Waals surface area contributed by atoms with E-state index in [1.165, 1.54) is 23.1 Å². The van der Waals surface area contributed by atoms with Gasteiger partial charge >= 0.3 is 0 Å². The molecular weight excluding hydrogens is 557 g/mol. The maximum atomic E-state index is 13.7. The second-order valence-electron chi connectivity index (χ2n) is 10.2. The molecule has 2 amide bonds. The molecule has 44 heavy (non-hydrogen) atoms. The predicted octanol–water partition coefficient (Wildman–Crippen LogP) is 6.58. The molecule has 8 heteroatoms. The van der Waals surface area contributed by atoms with Crippen molar-refractivity contribution in [1.82, 2.24) is 15.2 Å². The third-order valence-corrected chi connectivity index (χ3v) is 6.83. The van der Waals surface area contributed by atoms with Crippen molar-refractivity contribution in [3.8, 4) is 11.6 Å². The number of rotatable bonds is 12. The Labute approximate surface area is 255 Å². The number of amides is 2. The molecular formula is C36H32FN3O4. The number of nitrogens with one attached hydrogen (secondary N) is 1. The number of carbonyl (C=O) groups excluding carboxylic acids is 2. The molecule has 5 rings (SSSR count). The van der Waals surface area contributed by atoms with Gasteiger partial charge in [-0.05, 0) is 40.5 Å². The molecule has 0 fully saturated rings. The molecule has 1 N–H and O–H groups in total. The van der Waals surface area contributed by atoms with Crippen LogP contribution >= 0.6 is 0 Å². The van der Waals surface area contributed by atoms with Crippen LogP contribution in [-0.2, 0) is 26.3 Å². The molecule has 0 aliphatic carbocycles. The molecule has 4 aromatic carbocycles. The van der Waals surface area contributed by atoms with Crippen LogP contribution in [0.15, 0.2) is 121 Å². The summed E-state index contributed by atoms with van der Waals surface area (Å²) in [6.07, 6.45) is 0. The summed E-state index contributed by atoms with van der Waals surface area (Å²) < 4.78 is 25.8. The van der Waals surface area contributed by atoms with E-state index in [0.717, 1.165) is 16.7 Å². The van der Waals surface area contributed by atoms with Gasteiger partial charge in [-0.1, -0.05) is 103 Å². The summed E-state index contributed by atoms with van der Waals surface area (Å²) in [5, 5.41) is 2.86. The lowest BCUT2D eigenvalue weighted by Gasteiger charge is -2.20. The van der Waals surface area contributed by atoms with E-state index in [4.69, 9.17) is 9.47 Å². The van der Waals surface area contributed by atoms with Crippen molar-refractivity contribution in [2.24, 2.45) is 0 Å². The minimum Gasteiger partial charge on any atom is -0.483 e. The number of benzene rings is 4. The number of nitrogens with zero attached hydrogens (tertiary/aromatic N) is 2. The van der Waals surface area contributed by atoms with Crippen LogP contribution < -0.4 is 14.8 Å². The smallest absolute Gasteiger partial charge is 0.272 e. The van der Waals surface area contributed by atoms with E-state index >= 15 is 0 Å². The highest BCUT2D eigenvalue weighted by atomic mass is 19.1. The van der Waals surface area contributed by atoms with Gasteiger partial charge in [0, 0.05) is 20.1 Å². The molecule has 0 aliphatic heterocycles. The van der Waals surface area contributed by atoms with E-state index < -0.39 is 5.91 Å². The summed E-state index contributed by atoms with van der Waals surface area (Å²) >= 11 is 0. The highest BCUT2D eigenvalue weighted by Gasteiger charge is 2.25. The van der Waals surface area contributed by atoms with Gasteiger partial charge in [0.1, 0.15) is 24.7 Å². The van der Waals surface area contributed by atoms with Gasteiger partial charge in [0.2, 0.25) is 0 Å². The Morgan fingerprint density at radius 2 is 1.27 bits per heavy atom. The average Bonchev–Trinajstić information content (AvgIpc) is 3.07. The lowest BCUT2D eigenvalue weighted by Crippen LogP contribution is -2.29. The molecule has 0 aliphatic rings. The Morgan fingerprint density at radius 3 is 1.86 bits per heavy atom. The minimum absolute atomic E-state index is 0.0238. The van der Waals surface area contributed by atoms with Crippen molar-refractivity contribution >= 4 is 11.8 Å². The van der Waals surface area contributed by atoms with Crippen LogP contribution in [0.2, 0.25) is 0 Å². The van der Waals surface area contributed by atoms with Gasteiger partial charge in [-0.3, -0.25) is 9.59 Å². The summed E-state index contributed by atoms with van der Waals surface area (Å²) in [4.78, 5) is 33.5. The topological polar surface area (TPSA) is 80.8 Å². The molecule has 0 unspecified atom stereocenters. The van der Waals surface area contributed by atoms with Crippen LogP contribution in [0.1, 0.15) is 43.1 Å². The Balaban J connectivity index is 1.50. The fraction of sp³-hybridized carbons (Fsp3) is 0.139. The quantitative estimate of drug-likeness (QED) is 0.178. The third-order valence-electron chi connectivity index (χ3n) is 6.83. The molecule has 1 heterocycles. The Hall–Kier alpha value is -5.50. The van der Waals surface area contributed by atoms with Crippen LogP contribution in [0, 0.1) is 5.82 Å². The number of hydrogen-bond acceptors (Lipinski definition) is 5. The van der Waals surface area contributed by atoms with Gasteiger partial charge in [0.25, 0.3) is 17.7 Å². The number of pyridine rings is 1. The Morgan fingerprint density at radius 1 is 0.727 bits per heavy atom. The largest absolute Gasteiger partial charge is 0.483 e. The van der Waals surface area contributed by atoms with Crippen LogP contribution in [0.3, 0.4) is 0 Å². The minimum atomic E-state index is -0.496. The normalized spacial score (nSPS) is 10.6. The fourth-order valence-corrected chi connectivity index (χ4v) is 4.49. The Bertz CT molecular complexity index is 1680. The molecule has 0 saturated carbocycles. The van der Waals surface area contributed by atoms with E-state index in [1.54, 1.807) is 19.2 Å². The van der Waals surface area contributed by atoms with Crippen LogP contribution in [-0.4, -0.2) is 28.7 Å². The first-order valence-corrected chi connectivity index (χ1v) is 14.2. The first kappa shape index (κ1) is 30.0. The second-order valence-corrected chi connectivity index (χ2v) is 10.2. The van der Waals surface area contributed by atoms with Crippen molar-refractivity contribution in [2.75, 3.05) is 7.05 Å². The molecule has 5 aromatic rings. The summed E-state index contributed by atoms with van der Waals surface area (Å²) in [6, 6.07) is 35.9. The third kappa shape index (κ3) is 8.07. The number of halogens is 1. The predicted molar refractivity (Wildman–Crippen MR) is 166 cm³/mol. The summed E-state index contributed by atoms with van der Waals surface area (Å²) in [5.41, 5.74) is 3.54. The zero-order chi connectivity index (χ0) is 30.7. The van der Waals surface area contributed by atoms with Gasteiger partial charge in [-0.15, -0.1) is 0 Å². The first-order chi connectivity index (χ1) is 21.5. The van der Waals surface area contributed by atoms with E-state index in [1.807, 2.05) is 91.0 Å². The standard InChI is InChI=1S/C36H32FN3O4/c1-40(23-27-11-5-2-6-12-27)36(42)32-21-31(34(41)38-22-26-17-19-30(37)20-18-26)33(43-24-28-13-7-3-8-14-28)35(39-32)44-25-29-15-9-4-10-16-29/h2-21H,22-25H2,1H3,(H,38,41). The van der Waals surface area contributed by atoms with Crippen molar-refractivity contribution in [3.05, 3.63) is 161 Å². The molecule has 0 atom stereocenters. The van der Waals surface area contributed by atoms with Crippen LogP contribution in [0.5, 0.6) is 11.6 Å². The number of carbonyl (C=O) groups is 2. The van der Waals surface area contributed by atoms with Crippen molar-refractivity contribution < 1.29 is 23.5 Å². The van der Waals surface area contributed by atoms with Crippen molar-refractivity contribution in [1.29, 1.82) is 0 Å². The van der Waals surface area contributed by atoms with Crippen molar-refractivity contribution in [3.63, 3.8) is 0 Å². The average molecular weight is 590 g/mol. The lowest BCUT2D eigenvalue weighted by molar-refractivity contribution is 0.0777. The Kier molecular flexibility index (Phi) is 9.94. The number of hydrogen-bond donors (Lipinski definition) is 1. The lowest BCUT2D eigenvalue weighted by atomic mass is 10.1. The van der Waals surface area contributed by atoms with E-state index in [-0.39, 0.29) is 54.4 Å². The molecule has 0 bridgehead atoms. The summed E-state index contributed by atoms with van der Waals surface area (Å²) in [7, 11) is 1.68. The molecule has 222 valence electrons.